The van der Waals surface area contributed by atoms with Gasteiger partial charge in [0.2, 0.25) is 40.1 Å². The number of nitriles is 1. The number of unbranched alkanes of at least 4 members (excludes halogenated alkanes) is 4. The molecule has 0 aromatic heterocycles. The van der Waals surface area contributed by atoms with E-state index in [1.54, 1.807) is 62.3 Å². The molecule has 0 radical (unpaired) electrons. The average Bonchev–Trinajstić information content (AvgIpc) is 3.22. The standard InChI is InChI=1S/C54H79N5O8S4/c1-14-56(68(60,61)51-43(6)31-39(2)32-44(51)7)24-17-18-26-58(70(64,65)53-47(10)35-41(4)36-48(53)11)28-21-22-30-59(71(66,67)54-49(12)37-42(5)38-50(54)13)29-20-19-27-57(25-16-15-23-55)69(62,63)52-45(8)33-40(3)34-46(52)9/h31-38H,14-22,24-30H2,1-13H3. The second-order valence-electron chi connectivity index (χ2n) is 19.5. The Hall–Kier alpha value is -3.99. The predicted molar refractivity (Wildman–Crippen MR) is 286 cm³/mol. The van der Waals surface area contributed by atoms with Gasteiger partial charge in [-0.1, -0.05) is 77.7 Å². The molecule has 0 aliphatic rings. The van der Waals surface area contributed by atoms with Crippen molar-refractivity contribution >= 4 is 40.1 Å². The molecule has 13 nitrogen and oxygen atoms in total. The summed E-state index contributed by atoms with van der Waals surface area (Å²) < 4.78 is 121. The molecule has 0 heterocycles. The third kappa shape index (κ3) is 14.6. The average molecular weight is 1050 g/mol. The summed E-state index contributed by atoms with van der Waals surface area (Å²) in [4.78, 5) is 1.00. The van der Waals surface area contributed by atoms with Gasteiger partial charge in [-0.2, -0.15) is 22.5 Å². The Morgan fingerprint density at radius 2 is 0.521 bits per heavy atom. The van der Waals surface area contributed by atoms with E-state index in [9.17, 15) is 38.9 Å². The molecule has 4 aromatic rings. The van der Waals surface area contributed by atoms with E-state index in [4.69, 9.17) is 0 Å². The molecule has 0 aliphatic carbocycles. The molecule has 0 saturated carbocycles. The van der Waals surface area contributed by atoms with Crippen LogP contribution in [0.3, 0.4) is 0 Å². The van der Waals surface area contributed by atoms with Gasteiger partial charge >= 0.3 is 0 Å². The zero-order chi connectivity index (χ0) is 53.2. The Morgan fingerprint density at radius 1 is 0.338 bits per heavy atom. The van der Waals surface area contributed by atoms with Crippen LogP contribution in [0.25, 0.3) is 0 Å². The normalized spacial score (nSPS) is 12.7. The van der Waals surface area contributed by atoms with Crippen molar-refractivity contribution in [3.63, 3.8) is 0 Å². The first kappa shape index (κ1) is 59.6. The van der Waals surface area contributed by atoms with Crippen molar-refractivity contribution in [3.05, 3.63) is 115 Å². The van der Waals surface area contributed by atoms with Gasteiger partial charge in [0.25, 0.3) is 0 Å². The molecule has 0 saturated heterocycles. The fourth-order valence-corrected chi connectivity index (χ4v) is 18.1. The maximum atomic E-state index is 14.7. The molecule has 17 heteroatoms. The molecule has 0 N–H and O–H groups in total. The molecule has 392 valence electrons. The van der Waals surface area contributed by atoms with Gasteiger partial charge in [-0.3, -0.25) is 0 Å². The maximum Gasteiger partial charge on any atom is 0.243 e. The highest BCUT2D eigenvalue weighted by Gasteiger charge is 2.32. The topological polar surface area (TPSA) is 173 Å². The molecule has 0 aliphatic heterocycles. The van der Waals surface area contributed by atoms with Gasteiger partial charge in [-0.25, -0.2) is 33.7 Å². The lowest BCUT2D eigenvalue weighted by molar-refractivity contribution is 0.344. The van der Waals surface area contributed by atoms with Crippen molar-refractivity contribution in [2.45, 2.75) is 161 Å². The van der Waals surface area contributed by atoms with Crippen molar-refractivity contribution in [2.24, 2.45) is 0 Å². The molecule has 0 amide bonds. The predicted octanol–water partition coefficient (Wildman–Crippen LogP) is 10.1. The Labute approximate surface area is 428 Å². The number of hydrogen-bond donors (Lipinski definition) is 0. The van der Waals surface area contributed by atoms with Crippen molar-refractivity contribution in [3.8, 4) is 6.07 Å². The molecule has 0 unspecified atom stereocenters. The van der Waals surface area contributed by atoms with Gasteiger partial charge in [0.15, 0.2) is 0 Å². The fraction of sp³-hybridized carbons (Fsp3) is 0.537. The second-order valence-corrected chi connectivity index (χ2v) is 27.0. The molecule has 71 heavy (non-hydrogen) atoms. The molecule has 0 fully saturated rings. The summed E-state index contributed by atoms with van der Waals surface area (Å²) in [5.41, 5.74) is 8.94. The van der Waals surface area contributed by atoms with E-state index in [1.807, 2.05) is 76.2 Å². The van der Waals surface area contributed by atoms with Crippen LogP contribution in [-0.4, -0.2) is 103 Å². The fourth-order valence-electron chi connectivity index (χ4n) is 10.4. The molecular formula is C54H79N5O8S4. The molecule has 0 spiro atoms. The van der Waals surface area contributed by atoms with Crippen molar-refractivity contribution in [1.82, 2.24) is 17.2 Å². The quantitative estimate of drug-likeness (QED) is 0.0527. The Bertz CT molecular complexity index is 2950. The van der Waals surface area contributed by atoms with Crippen LogP contribution in [0, 0.1) is 94.4 Å². The SMILES string of the molecule is CCN(CCCCN(CCCCN(CCCCN(CCCC#N)S(=O)(=O)c1c(C)cc(C)cc1C)S(=O)(=O)c1c(C)cc(C)cc1C)S(=O)(=O)c1c(C)cc(C)cc1C)S(=O)(=O)c1c(C)cc(C)cc1C. The first-order valence-electron chi connectivity index (χ1n) is 24.8. The summed E-state index contributed by atoms with van der Waals surface area (Å²) in [6.45, 7) is 25.0. The van der Waals surface area contributed by atoms with E-state index in [1.165, 1.54) is 17.2 Å². The van der Waals surface area contributed by atoms with Crippen LogP contribution < -0.4 is 0 Å². The Kier molecular flexibility index (Phi) is 21.2. The molecule has 0 atom stereocenters. The van der Waals surface area contributed by atoms with Crippen LogP contribution in [0.5, 0.6) is 0 Å². The van der Waals surface area contributed by atoms with Crippen LogP contribution in [-0.2, 0) is 40.1 Å². The number of rotatable bonds is 27. The zero-order valence-corrected chi connectivity index (χ0v) is 47.8. The van der Waals surface area contributed by atoms with Gasteiger partial charge in [0.05, 0.1) is 25.7 Å². The molecule has 4 aromatic carbocycles. The van der Waals surface area contributed by atoms with Gasteiger partial charge in [0.1, 0.15) is 0 Å². The lowest BCUT2D eigenvalue weighted by atomic mass is 10.1. The van der Waals surface area contributed by atoms with E-state index in [0.29, 0.717) is 94.3 Å². The summed E-state index contributed by atoms with van der Waals surface area (Å²) in [5, 5.41) is 9.28. The third-order valence-electron chi connectivity index (χ3n) is 13.1. The first-order chi connectivity index (χ1) is 33.1. The van der Waals surface area contributed by atoms with Crippen molar-refractivity contribution in [2.75, 3.05) is 52.4 Å². The highest BCUT2D eigenvalue weighted by molar-refractivity contribution is 7.90. The number of benzene rings is 4. The van der Waals surface area contributed by atoms with Crippen LogP contribution in [0.2, 0.25) is 0 Å². The molecular weight excluding hydrogens is 975 g/mol. The number of nitrogens with zero attached hydrogens (tertiary/aromatic N) is 5. The van der Waals surface area contributed by atoms with Crippen LogP contribution in [0.4, 0.5) is 0 Å². The monoisotopic (exact) mass is 1050 g/mol. The zero-order valence-electron chi connectivity index (χ0n) is 44.6. The summed E-state index contributed by atoms with van der Waals surface area (Å²) in [6, 6.07) is 16.9. The van der Waals surface area contributed by atoms with Gasteiger partial charge < -0.3 is 0 Å². The summed E-state index contributed by atoms with van der Waals surface area (Å²) in [5.74, 6) is 0. The van der Waals surface area contributed by atoms with E-state index in [2.05, 4.69) is 6.07 Å². The Morgan fingerprint density at radius 3 is 0.718 bits per heavy atom. The number of aryl methyl sites for hydroxylation is 12. The molecule has 0 bridgehead atoms. The summed E-state index contributed by atoms with van der Waals surface area (Å²) in [7, 11) is -15.9. The lowest BCUT2D eigenvalue weighted by Crippen LogP contribution is -2.37. The minimum absolute atomic E-state index is 0.0959. The van der Waals surface area contributed by atoms with E-state index in [-0.39, 0.29) is 73.5 Å². The summed E-state index contributed by atoms with van der Waals surface area (Å²) >= 11 is 0. The van der Waals surface area contributed by atoms with Gasteiger partial charge in [-0.15, -0.1) is 0 Å². The maximum absolute atomic E-state index is 14.7. The van der Waals surface area contributed by atoms with Crippen LogP contribution in [0.1, 0.15) is 125 Å². The first-order valence-corrected chi connectivity index (χ1v) is 30.6. The van der Waals surface area contributed by atoms with Crippen LogP contribution >= 0.6 is 0 Å². The van der Waals surface area contributed by atoms with Crippen molar-refractivity contribution in [1.29, 1.82) is 5.26 Å². The van der Waals surface area contributed by atoms with Crippen LogP contribution in [0.15, 0.2) is 68.1 Å². The minimum atomic E-state index is -4.06. The number of sulfonamides is 4. The molecule has 4 rings (SSSR count). The smallest absolute Gasteiger partial charge is 0.207 e. The van der Waals surface area contributed by atoms with Gasteiger partial charge in [-0.05, 0) is 173 Å². The lowest BCUT2D eigenvalue weighted by Gasteiger charge is -2.27. The minimum Gasteiger partial charge on any atom is -0.207 e. The Balaban J connectivity index is 1.59. The van der Waals surface area contributed by atoms with E-state index >= 15 is 0 Å². The second kappa shape index (κ2) is 25.3. The van der Waals surface area contributed by atoms with Gasteiger partial charge in [0, 0.05) is 58.8 Å². The highest BCUT2D eigenvalue weighted by atomic mass is 32.2. The van der Waals surface area contributed by atoms with E-state index in [0.717, 1.165) is 22.3 Å². The third-order valence-corrected chi connectivity index (χ3v) is 21.9. The summed E-state index contributed by atoms with van der Waals surface area (Å²) in [6.07, 6.45) is 2.72. The van der Waals surface area contributed by atoms with Crippen molar-refractivity contribution < 1.29 is 33.7 Å². The largest absolute Gasteiger partial charge is 0.243 e. The number of hydrogen-bond acceptors (Lipinski definition) is 9. The van der Waals surface area contributed by atoms with E-state index < -0.39 is 40.1 Å². The highest BCUT2D eigenvalue weighted by Crippen LogP contribution is 2.31.